The van der Waals surface area contributed by atoms with Gasteiger partial charge in [-0.25, -0.2) is 0 Å². The number of hydrogen-bond donors (Lipinski definition) is 0. The van der Waals surface area contributed by atoms with Crippen molar-refractivity contribution in [1.82, 2.24) is 4.90 Å². The van der Waals surface area contributed by atoms with Crippen LogP contribution in [0.25, 0.3) is 0 Å². The SMILES string of the molecule is CO[C@@]1(C#Cc2cccc(Br)c2)CCN(C)C1=O. The van der Waals surface area contributed by atoms with Crippen molar-refractivity contribution in [2.75, 3.05) is 20.7 Å². The van der Waals surface area contributed by atoms with E-state index in [4.69, 9.17) is 4.74 Å². The number of carbonyl (C=O) groups excluding carboxylic acids is 1. The largest absolute Gasteiger partial charge is 0.357 e. The van der Waals surface area contributed by atoms with Crippen LogP contribution >= 0.6 is 15.9 Å². The van der Waals surface area contributed by atoms with Crippen molar-refractivity contribution >= 4 is 21.8 Å². The van der Waals surface area contributed by atoms with E-state index < -0.39 is 5.60 Å². The standard InChI is InChI=1S/C14H14BrNO2/c1-16-9-8-14(18-2,13(16)17)7-6-11-4-3-5-12(15)10-11/h3-5,10H,8-9H2,1-2H3/t14-/m0/s1. The molecule has 1 aliphatic rings. The minimum Gasteiger partial charge on any atom is -0.357 e. The second-order valence-corrected chi connectivity index (χ2v) is 5.18. The second kappa shape index (κ2) is 5.13. The van der Waals surface area contributed by atoms with Crippen molar-refractivity contribution in [2.24, 2.45) is 0 Å². The topological polar surface area (TPSA) is 29.5 Å². The predicted molar refractivity (Wildman–Crippen MR) is 73.0 cm³/mol. The van der Waals surface area contributed by atoms with Crippen LogP contribution in [0.2, 0.25) is 0 Å². The zero-order valence-electron chi connectivity index (χ0n) is 10.4. The number of rotatable bonds is 1. The van der Waals surface area contributed by atoms with Crippen LogP contribution in [-0.4, -0.2) is 37.1 Å². The summed E-state index contributed by atoms with van der Waals surface area (Å²) >= 11 is 3.39. The summed E-state index contributed by atoms with van der Waals surface area (Å²) in [5.41, 5.74) is -0.111. The van der Waals surface area contributed by atoms with E-state index in [-0.39, 0.29) is 5.91 Å². The third kappa shape index (κ3) is 2.43. The van der Waals surface area contributed by atoms with Gasteiger partial charge in [-0.15, -0.1) is 0 Å². The molecule has 0 saturated carbocycles. The lowest BCUT2D eigenvalue weighted by Crippen LogP contribution is -2.39. The lowest BCUT2D eigenvalue weighted by molar-refractivity contribution is -0.139. The predicted octanol–water partition coefficient (Wildman–Crippen LogP) is 2.05. The van der Waals surface area contributed by atoms with Crippen LogP contribution in [0.3, 0.4) is 0 Å². The van der Waals surface area contributed by atoms with E-state index in [0.717, 1.165) is 10.0 Å². The molecular formula is C14H14BrNO2. The van der Waals surface area contributed by atoms with Gasteiger partial charge >= 0.3 is 0 Å². The van der Waals surface area contributed by atoms with Gasteiger partial charge in [-0.1, -0.05) is 33.8 Å². The van der Waals surface area contributed by atoms with Gasteiger partial charge in [0.25, 0.3) is 5.91 Å². The molecule has 2 rings (SSSR count). The van der Waals surface area contributed by atoms with Gasteiger partial charge in [0.1, 0.15) is 0 Å². The number of likely N-dealkylation sites (tertiary alicyclic amines) is 1. The van der Waals surface area contributed by atoms with Crippen LogP contribution < -0.4 is 0 Å². The van der Waals surface area contributed by atoms with Crippen LogP contribution in [0.4, 0.5) is 0 Å². The molecule has 94 valence electrons. The Kier molecular flexibility index (Phi) is 3.74. The summed E-state index contributed by atoms with van der Waals surface area (Å²) in [6, 6.07) is 7.67. The number of carbonyl (C=O) groups is 1. The molecule has 1 aromatic rings. The molecule has 1 aliphatic heterocycles. The van der Waals surface area contributed by atoms with Crippen LogP contribution in [0, 0.1) is 11.8 Å². The van der Waals surface area contributed by atoms with Crippen molar-refractivity contribution in [1.29, 1.82) is 0 Å². The number of benzene rings is 1. The Morgan fingerprint density at radius 3 is 2.83 bits per heavy atom. The van der Waals surface area contributed by atoms with Gasteiger partial charge in [-0.05, 0) is 18.2 Å². The molecule has 1 saturated heterocycles. The molecule has 0 spiro atoms. The van der Waals surface area contributed by atoms with Gasteiger partial charge in [0.05, 0.1) is 0 Å². The van der Waals surface area contributed by atoms with E-state index >= 15 is 0 Å². The zero-order valence-corrected chi connectivity index (χ0v) is 12.0. The first-order valence-electron chi connectivity index (χ1n) is 5.67. The highest BCUT2D eigenvalue weighted by molar-refractivity contribution is 9.10. The Bertz CT molecular complexity index is 532. The Labute approximate surface area is 115 Å². The maximum Gasteiger partial charge on any atom is 0.267 e. The molecule has 0 radical (unpaired) electrons. The number of methoxy groups -OCH3 is 1. The van der Waals surface area contributed by atoms with Gasteiger partial charge in [0.15, 0.2) is 0 Å². The fraction of sp³-hybridized carbons (Fsp3) is 0.357. The molecule has 0 aromatic heterocycles. The summed E-state index contributed by atoms with van der Waals surface area (Å²) in [7, 11) is 3.30. The van der Waals surface area contributed by atoms with Crippen molar-refractivity contribution in [3.8, 4) is 11.8 Å². The average molecular weight is 308 g/mol. The summed E-state index contributed by atoms with van der Waals surface area (Å²) in [5.74, 6) is 5.94. The third-order valence-corrected chi connectivity index (χ3v) is 3.57. The Morgan fingerprint density at radius 1 is 1.50 bits per heavy atom. The average Bonchev–Trinajstić information content (AvgIpc) is 2.65. The summed E-state index contributed by atoms with van der Waals surface area (Å²) in [5, 5.41) is 0. The zero-order chi connectivity index (χ0) is 13.2. The molecule has 1 aromatic carbocycles. The third-order valence-electron chi connectivity index (χ3n) is 3.07. The van der Waals surface area contributed by atoms with Gasteiger partial charge in [0.2, 0.25) is 5.60 Å². The van der Waals surface area contributed by atoms with Gasteiger partial charge in [-0.2, -0.15) is 0 Å². The number of ether oxygens (including phenoxy) is 1. The molecule has 0 bridgehead atoms. The summed E-state index contributed by atoms with van der Waals surface area (Å²) in [4.78, 5) is 13.7. The van der Waals surface area contributed by atoms with Gasteiger partial charge in [0, 0.05) is 37.2 Å². The number of amides is 1. The van der Waals surface area contributed by atoms with E-state index in [1.54, 1.807) is 11.9 Å². The minimum atomic E-state index is -0.975. The first kappa shape index (κ1) is 13.1. The van der Waals surface area contributed by atoms with E-state index in [0.29, 0.717) is 13.0 Å². The van der Waals surface area contributed by atoms with Crippen molar-refractivity contribution < 1.29 is 9.53 Å². The molecule has 1 heterocycles. The van der Waals surface area contributed by atoms with Crippen LogP contribution in [0.1, 0.15) is 12.0 Å². The Morgan fingerprint density at radius 2 is 2.28 bits per heavy atom. The molecule has 0 unspecified atom stereocenters. The van der Waals surface area contributed by atoms with Crippen molar-refractivity contribution in [3.63, 3.8) is 0 Å². The lowest BCUT2D eigenvalue weighted by atomic mass is 10.0. The fourth-order valence-corrected chi connectivity index (χ4v) is 2.34. The van der Waals surface area contributed by atoms with E-state index in [2.05, 4.69) is 27.8 Å². The summed E-state index contributed by atoms with van der Waals surface area (Å²) in [6.07, 6.45) is 0.611. The van der Waals surface area contributed by atoms with Crippen LogP contribution in [0.15, 0.2) is 28.7 Å². The highest BCUT2D eigenvalue weighted by Crippen LogP contribution is 2.24. The quantitative estimate of drug-likeness (QED) is 0.743. The molecule has 0 N–H and O–H groups in total. The highest BCUT2D eigenvalue weighted by Gasteiger charge is 2.44. The van der Waals surface area contributed by atoms with E-state index in [1.807, 2.05) is 24.3 Å². The van der Waals surface area contributed by atoms with E-state index in [9.17, 15) is 4.79 Å². The number of halogens is 1. The number of nitrogens with zero attached hydrogens (tertiary/aromatic N) is 1. The Balaban J connectivity index is 2.30. The van der Waals surface area contributed by atoms with Crippen LogP contribution in [-0.2, 0) is 9.53 Å². The summed E-state index contributed by atoms with van der Waals surface area (Å²) in [6.45, 7) is 0.680. The molecule has 1 amide bonds. The monoisotopic (exact) mass is 307 g/mol. The molecule has 1 fully saturated rings. The van der Waals surface area contributed by atoms with Gasteiger partial charge < -0.3 is 9.64 Å². The lowest BCUT2D eigenvalue weighted by Gasteiger charge is -2.18. The molecule has 1 atom stereocenters. The maximum atomic E-state index is 12.0. The van der Waals surface area contributed by atoms with Crippen LogP contribution in [0.5, 0.6) is 0 Å². The number of hydrogen-bond acceptors (Lipinski definition) is 2. The summed E-state index contributed by atoms with van der Waals surface area (Å²) < 4.78 is 6.33. The normalized spacial score (nSPS) is 22.8. The number of likely N-dealkylation sites (N-methyl/N-ethyl adjacent to an activating group) is 1. The first-order chi connectivity index (χ1) is 8.57. The smallest absolute Gasteiger partial charge is 0.267 e. The first-order valence-corrected chi connectivity index (χ1v) is 6.46. The highest BCUT2D eigenvalue weighted by atomic mass is 79.9. The van der Waals surface area contributed by atoms with E-state index in [1.165, 1.54) is 7.11 Å². The Hall–Kier alpha value is -1.31. The molecular weight excluding hydrogens is 294 g/mol. The molecule has 0 aliphatic carbocycles. The molecule has 4 heteroatoms. The van der Waals surface area contributed by atoms with Crippen molar-refractivity contribution in [2.45, 2.75) is 12.0 Å². The maximum absolute atomic E-state index is 12.0. The molecule has 18 heavy (non-hydrogen) atoms. The van der Waals surface area contributed by atoms with Gasteiger partial charge in [-0.3, -0.25) is 4.79 Å². The minimum absolute atomic E-state index is 0.0625. The molecule has 3 nitrogen and oxygen atoms in total. The second-order valence-electron chi connectivity index (χ2n) is 4.27. The van der Waals surface area contributed by atoms with Crippen molar-refractivity contribution in [3.05, 3.63) is 34.3 Å². The fourth-order valence-electron chi connectivity index (χ4n) is 1.94.